The fraction of sp³-hybridized carbons (Fsp3) is 0.0769. The number of benzene rings is 1. The summed E-state index contributed by atoms with van der Waals surface area (Å²) < 4.78 is 0. The molecule has 2 heterocycles. The van der Waals surface area contributed by atoms with Crippen LogP contribution in [0.1, 0.15) is 17.0 Å². The molecular weight excluding hydrogens is 214 g/mol. The molecule has 1 amide bonds. The van der Waals surface area contributed by atoms with Crippen molar-refractivity contribution in [2.45, 2.75) is 6.92 Å². The molecule has 0 atom stereocenters. The molecule has 1 aliphatic heterocycles. The molecule has 0 saturated heterocycles. The topological polar surface area (TPSA) is 57.8 Å². The van der Waals surface area contributed by atoms with Gasteiger partial charge in [0.15, 0.2) is 0 Å². The number of anilines is 1. The van der Waals surface area contributed by atoms with E-state index in [2.05, 4.69) is 15.3 Å². The third-order valence-corrected chi connectivity index (χ3v) is 2.86. The summed E-state index contributed by atoms with van der Waals surface area (Å²) in [4.78, 5) is 19.0. The summed E-state index contributed by atoms with van der Waals surface area (Å²) in [7, 11) is 0. The number of rotatable bonds is 1. The molecule has 17 heavy (non-hydrogen) atoms. The number of nitrogens with zero attached hydrogens (tertiary/aromatic N) is 1. The SMILES string of the molecule is Cc1[nH]cnc1/C=C1\C(=O)Nc2ccccc21. The first-order valence-corrected chi connectivity index (χ1v) is 5.38. The maximum Gasteiger partial charge on any atom is 0.256 e. The number of amides is 1. The third-order valence-electron chi connectivity index (χ3n) is 2.86. The van der Waals surface area contributed by atoms with Gasteiger partial charge in [-0.05, 0) is 19.1 Å². The molecule has 0 fully saturated rings. The Morgan fingerprint density at radius 1 is 1.29 bits per heavy atom. The second kappa shape index (κ2) is 3.59. The number of para-hydroxylation sites is 1. The van der Waals surface area contributed by atoms with E-state index in [0.717, 1.165) is 22.6 Å². The lowest BCUT2D eigenvalue weighted by atomic mass is 10.1. The average molecular weight is 225 g/mol. The molecule has 4 nitrogen and oxygen atoms in total. The van der Waals surface area contributed by atoms with Crippen LogP contribution >= 0.6 is 0 Å². The van der Waals surface area contributed by atoms with Gasteiger partial charge in [0.1, 0.15) is 0 Å². The van der Waals surface area contributed by atoms with Crippen LogP contribution in [0, 0.1) is 6.92 Å². The minimum absolute atomic E-state index is 0.0754. The number of aromatic nitrogens is 2. The number of imidazole rings is 1. The second-order valence-corrected chi connectivity index (χ2v) is 3.97. The summed E-state index contributed by atoms with van der Waals surface area (Å²) in [6.07, 6.45) is 3.44. The van der Waals surface area contributed by atoms with Gasteiger partial charge in [-0.3, -0.25) is 4.79 Å². The molecule has 1 aliphatic rings. The van der Waals surface area contributed by atoms with Crippen molar-refractivity contribution in [1.82, 2.24) is 9.97 Å². The summed E-state index contributed by atoms with van der Waals surface area (Å²) in [5.41, 5.74) is 4.20. The fourth-order valence-electron chi connectivity index (χ4n) is 1.93. The smallest absolute Gasteiger partial charge is 0.256 e. The van der Waals surface area contributed by atoms with Crippen molar-refractivity contribution in [2.75, 3.05) is 5.32 Å². The van der Waals surface area contributed by atoms with E-state index in [1.165, 1.54) is 0 Å². The summed E-state index contributed by atoms with van der Waals surface area (Å²) >= 11 is 0. The molecular formula is C13H11N3O. The number of fused-ring (bicyclic) bond motifs is 1. The minimum atomic E-state index is -0.0754. The summed E-state index contributed by atoms with van der Waals surface area (Å²) in [6, 6.07) is 7.65. The van der Waals surface area contributed by atoms with E-state index < -0.39 is 0 Å². The van der Waals surface area contributed by atoms with Gasteiger partial charge < -0.3 is 10.3 Å². The predicted octanol–water partition coefficient (Wildman–Crippen LogP) is 2.21. The highest BCUT2D eigenvalue weighted by Crippen LogP contribution is 2.32. The van der Waals surface area contributed by atoms with Gasteiger partial charge in [0, 0.05) is 16.9 Å². The Bertz CT molecular complexity index is 625. The van der Waals surface area contributed by atoms with Crippen LogP contribution in [0.5, 0.6) is 0 Å². The van der Waals surface area contributed by atoms with Crippen LogP contribution in [0.15, 0.2) is 30.6 Å². The van der Waals surface area contributed by atoms with Crippen LogP contribution in [-0.2, 0) is 4.79 Å². The highest BCUT2D eigenvalue weighted by atomic mass is 16.2. The Kier molecular flexibility index (Phi) is 2.08. The van der Waals surface area contributed by atoms with Crippen LogP contribution in [0.2, 0.25) is 0 Å². The Morgan fingerprint density at radius 2 is 2.12 bits per heavy atom. The zero-order valence-electron chi connectivity index (χ0n) is 9.32. The highest BCUT2D eigenvalue weighted by Gasteiger charge is 2.23. The zero-order valence-corrected chi connectivity index (χ0v) is 9.32. The minimum Gasteiger partial charge on any atom is -0.348 e. The number of aromatic amines is 1. The van der Waals surface area contributed by atoms with Crippen molar-refractivity contribution >= 4 is 23.2 Å². The van der Waals surface area contributed by atoms with Crippen molar-refractivity contribution in [3.8, 4) is 0 Å². The lowest BCUT2D eigenvalue weighted by molar-refractivity contribution is -0.110. The molecule has 84 valence electrons. The Morgan fingerprint density at radius 3 is 2.88 bits per heavy atom. The molecule has 0 spiro atoms. The summed E-state index contributed by atoms with van der Waals surface area (Å²) in [5, 5.41) is 2.83. The quantitative estimate of drug-likeness (QED) is 0.731. The largest absolute Gasteiger partial charge is 0.348 e. The molecule has 4 heteroatoms. The molecule has 0 bridgehead atoms. The van der Waals surface area contributed by atoms with Crippen molar-refractivity contribution in [3.05, 3.63) is 47.5 Å². The van der Waals surface area contributed by atoms with Crippen molar-refractivity contribution in [3.63, 3.8) is 0 Å². The molecule has 0 radical (unpaired) electrons. The van der Waals surface area contributed by atoms with Crippen molar-refractivity contribution in [1.29, 1.82) is 0 Å². The van der Waals surface area contributed by atoms with Gasteiger partial charge >= 0.3 is 0 Å². The van der Waals surface area contributed by atoms with Gasteiger partial charge in [0.25, 0.3) is 5.91 Å². The molecule has 2 N–H and O–H groups in total. The molecule has 0 aliphatic carbocycles. The Labute approximate surface area is 98.4 Å². The number of H-pyrrole nitrogens is 1. The maximum atomic E-state index is 11.9. The number of hydrogen-bond donors (Lipinski definition) is 2. The van der Waals surface area contributed by atoms with Gasteiger partial charge in [-0.2, -0.15) is 0 Å². The molecule has 1 aromatic heterocycles. The first-order chi connectivity index (χ1) is 8.25. The standard InChI is InChI=1S/C13H11N3O/c1-8-12(15-7-14-8)6-10-9-4-2-3-5-11(9)16-13(10)17/h2-7H,1H3,(H,14,15)(H,16,17)/b10-6-. The van der Waals surface area contributed by atoms with Crippen LogP contribution in [0.25, 0.3) is 11.6 Å². The number of hydrogen-bond acceptors (Lipinski definition) is 2. The normalized spacial score (nSPS) is 16.1. The van der Waals surface area contributed by atoms with E-state index in [0.29, 0.717) is 5.57 Å². The first kappa shape index (κ1) is 9.84. The van der Waals surface area contributed by atoms with Gasteiger partial charge in [-0.15, -0.1) is 0 Å². The zero-order chi connectivity index (χ0) is 11.8. The maximum absolute atomic E-state index is 11.9. The number of carbonyl (C=O) groups is 1. The van der Waals surface area contributed by atoms with E-state index >= 15 is 0 Å². The van der Waals surface area contributed by atoms with Crippen LogP contribution < -0.4 is 5.32 Å². The van der Waals surface area contributed by atoms with Crippen LogP contribution in [0.3, 0.4) is 0 Å². The average Bonchev–Trinajstić information content (AvgIpc) is 2.85. The van der Waals surface area contributed by atoms with Crippen molar-refractivity contribution in [2.24, 2.45) is 0 Å². The monoisotopic (exact) mass is 225 g/mol. The van der Waals surface area contributed by atoms with Gasteiger partial charge in [0.2, 0.25) is 0 Å². The number of carbonyl (C=O) groups excluding carboxylic acids is 1. The lowest BCUT2D eigenvalue weighted by Gasteiger charge is -1.96. The fourth-order valence-corrected chi connectivity index (χ4v) is 1.93. The molecule has 0 unspecified atom stereocenters. The molecule has 1 aromatic carbocycles. The molecule has 0 saturated carbocycles. The Balaban J connectivity index is 2.13. The first-order valence-electron chi connectivity index (χ1n) is 5.38. The van der Waals surface area contributed by atoms with E-state index in [1.54, 1.807) is 6.33 Å². The van der Waals surface area contributed by atoms with Gasteiger partial charge in [-0.1, -0.05) is 18.2 Å². The van der Waals surface area contributed by atoms with E-state index in [4.69, 9.17) is 0 Å². The summed E-state index contributed by atoms with van der Waals surface area (Å²) in [5.74, 6) is -0.0754. The predicted molar refractivity (Wildman–Crippen MR) is 66.3 cm³/mol. The Hall–Kier alpha value is -2.36. The van der Waals surface area contributed by atoms with Gasteiger partial charge in [0.05, 0.1) is 17.6 Å². The van der Waals surface area contributed by atoms with Crippen LogP contribution in [0.4, 0.5) is 5.69 Å². The van der Waals surface area contributed by atoms with E-state index in [-0.39, 0.29) is 5.91 Å². The van der Waals surface area contributed by atoms with E-state index in [1.807, 2.05) is 37.3 Å². The molecule has 3 rings (SSSR count). The second-order valence-electron chi connectivity index (χ2n) is 3.97. The summed E-state index contributed by atoms with van der Waals surface area (Å²) in [6.45, 7) is 1.93. The third kappa shape index (κ3) is 1.54. The van der Waals surface area contributed by atoms with E-state index in [9.17, 15) is 4.79 Å². The van der Waals surface area contributed by atoms with Crippen LogP contribution in [-0.4, -0.2) is 15.9 Å². The lowest BCUT2D eigenvalue weighted by Crippen LogP contribution is -2.03. The number of nitrogens with one attached hydrogen (secondary N) is 2. The highest BCUT2D eigenvalue weighted by molar-refractivity contribution is 6.34. The molecule has 2 aromatic rings. The number of aryl methyl sites for hydroxylation is 1. The van der Waals surface area contributed by atoms with Gasteiger partial charge in [-0.25, -0.2) is 4.98 Å². The van der Waals surface area contributed by atoms with Crippen molar-refractivity contribution < 1.29 is 4.79 Å².